The van der Waals surface area contributed by atoms with E-state index in [4.69, 9.17) is 14.2 Å². The minimum absolute atomic E-state index is 0.171. The Balaban J connectivity index is 2.34. The van der Waals surface area contributed by atoms with Gasteiger partial charge in [0.05, 0.1) is 20.8 Å². The summed E-state index contributed by atoms with van der Waals surface area (Å²) in [5.74, 6) is 1.30. The molecule has 2 unspecified atom stereocenters. The molecule has 5 heteroatoms. The molecular weight excluding hydrogens is 258 g/mol. The summed E-state index contributed by atoms with van der Waals surface area (Å²) >= 11 is 0. The van der Waals surface area contributed by atoms with Gasteiger partial charge in [-0.1, -0.05) is 0 Å². The molecule has 0 amide bonds. The molecule has 0 aromatic heterocycles. The van der Waals surface area contributed by atoms with Crippen molar-refractivity contribution in [3.63, 3.8) is 0 Å². The minimum Gasteiger partial charge on any atom is -0.493 e. The van der Waals surface area contributed by atoms with E-state index in [0.717, 1.165) is 17.7 Å². The highest BCUT2D eigenvalue weighted by atomic mass is 16.5. The van der Waals surface area contributed by atoms with Crippen LogP contribution in [0, 0.1) is 0 Å². The Kier molecular flexibility index (Phi) is 4.37. The first-order chi connectivity index (χ1) is 9.55. The zero-order valence-corrected chi connectivity index (χ0v) is 12.4. The molecule has 0 bridgehead atoms. The van der Waals surface area contributed by atoms with E-state index < -0.39 is 0 Å². The first-order valence-corrected chi connectivity index (χ1v) is 6.71. The lowest BCUT2D eigenvalue weighted by molar-refractivity contribution is -0.141. The van der Waals surface area contributed by atoms with Crippen LogP contribution in [-0.4, -0.2) is 32.8 Å². The Morgan fingerprint density at radius 3 is 2.55 bits per heavy atom. The van der Waals surface area contributed by atoms with Crippen molar-refractivity contribution in [1.29, 1.82) is 0 Å². The predicted octanol–water partition coefficient (Wildman–Crippen LogP) is 2.55. The Labute approximate surface area is 119 Å². The number of rotatable bonds is 4. The fourth-order valence-electron chi connectivity index (χ4n) is 2.61. The molecule has 0 spiro atoms. The molecule has 0 saturated heterocycles. The van der Waals surface area contributed by atoms with Crippen LogP contribution in [0.3, 0.4) is 0 Å². The van der Waals surface area contributed by atoms with E-state index in [1.165, 1.54) is 6.92 Å². The molecule has 1 aliphatic rings. The van der Waals surface area contributed by atoms with Crippen LogP contribution in [0.25, 0.3) is 0 Å². The third-order valence-electron chi connectivity index (χ3n) is 3.52. The van der Waals surface area contributed by atoms with E-state index in [1.807, 2.05) is 12.1 Å². The molecule has 0 aliphatic carbocycles. The number of anilines is 1. The molecule has 1 N–H and O–H groups in total. The lowest BCUT2D eigenvalue weighted by Crippen LogP contribution is -2.28. The molecule has 1 aliphatic heterocycles. The van der Waals surface area contributed by atoms with Crippen molar-refractivity contribution in [1.82, 2.24) is 0 Å². The molecule has 0 saturated carbocycles. The normalized spacial score (nSPS) is 20.6. The van der Waals surface area contributed by atoms with Gasteiger partial charge in [0.1, 0.15) is 0 Å². The quantitative estimate of drug-likeness (QED) is 0.858. The number of ether oxygens (including phenoxy) is 3. The van der Waals surface area contributed by atoms with Gasteiger partial charge in [0, 0.05) is 30.6 Å². The zero-order valence-electron chi connectivity index (χ0n) is 12.4. The van der Waals surface area contributed by atoms with Gasteiger partial charge in [0.2, 0.25) is 0 Å². The van der Waals surface area contributed by atoms with Gasteiger partial charge < -0.3 is 19.5 Å². The van der Waals surface area contributed by atoms with Gasteiger partial charge in [0.25, 0.3) is 0 Å². The Hall–Kier alpha value is -1.91. The molecule has 110 valence electrons. The Morgan fingerprint density at radius 1 is 1.30 bits per heavy atom. The number of fused-ring (bicyclic) bond motifs is 1. The van der Waals surface area contributed by atoms with Crippen molar-refractivity contribution >= 4 is 11.7 Å². The molecule has 0 radical (unpaired) electrons. The van der Waals surface area contributed by atoms with Crippen molar-refractivity contribution in [2.24, 2.45) is 0 Å². The summed E-state index contributed by atoms with van der Waals surface area (Å²) in [4.78, 5) is 11.0. The van der Waals surface area contributed by atoms with Gasteiger partial charge in [0.15, 0.2) is 11.5 Å². The maximum atomic E-state index is 11.0. The molecule has 1 aromatic carbocycles. The first-order valence-electron chi connectivity index (χ1n) is 6.71. The fourth-order valence-corrected chi connectivity index (χ4v) is 2.61. The van der Waals surface area contributed by atoms with Crippen LogP contribution in [0.1, 0.15) is 31.7 Å². The number of hydrogen-bond donors (Lipinski definition) is 1. The molecule has 0 fully saturated rings. The summed E-state index contributed by atoms with van der Waals surface area (Å²) in [6.07, 6.45) is 0.912. The van der Waals surface area contributed by atoms with Crippen LogP contribution >= 0.6 is 0 Å². The molecule has 2 atom stereocenters. The smallest absolute Gasteiger partial charge is 0.302 e. The molecule has 1 heterocycles. The van der Waals surface area contributed by atoms with E-state index in [0.29, 0.717) is 24.1 Å². The van der Waals surface area contributed by atoms with Crippen molar-refractivity contribution in [2.75, 3.05) is 26.1 Å². The largest absolute Gasteiger partial charge is 0.493 e. The molecule has 20 heavy (non-hydrogen) atoms. The van der Waals surface area contributed by atoms with Crippen LogP contribution < -0.4 is 14.8 Å². The number of benzene rings is 1. The monoisotopic (exact) mass is 279 g/mol. The molecular formula is C15H21NO4. The zero-order chi connectivity index (χ0) is 14.7. The highest BCUT2D eigenvalue weighted by Crippen LogP contribution is 2.41. The highest BCUT2D eigenvalue weighted by Gasteiger charge is 2.27. The van der Waals surface area contributed by atoms with Crippen molar-refractivity contribution in [2.45, 2.75) is 32.2 Å². The van der Waals surface area contributed by atoms with E-state index in [2.05, 4.69) is 12.2 Å². The summed E-state index contributed by atoms with van der Waals surface area (Å²) in [5, 5.41) is 3.43. The van der Waals surface area contributed by atoms with E-state index in [1.54, 1.807) is 14.2 Å². The maximum Gasteiger partial charge on any atom is 0.302 e. The van der Waals surface area contributed by atoms with E-state index in [-0.39, 0.29) is 11.9 Å². The standard InChI is InChI=1S/C15H21NO4/c1-9-5-11(8-20-10(2)17)12-6-14(18-3)15(19-4)7-13(12)16-9/h6-7,9,11,16H,5,8H2,1-4H3. The summed E-state index contributed by atoms with van der Waals surface area (Å²) in [7, 11) is 3.23. The van der Waals surface area contributed by atoms with Gasteiger partial charge >= 0.3 is 5.97 Å². The number of esters is 1. The van der Waals surface area contributed by atoms with Crippen LogP contribution in [-0.2, 0) is 9.53 Å². The van der Waals surface area contributed by atoms with Crippen LogP contribution in [0.4, 0.5) is 5.69 Å². The topological polar surface area (TPSA) is 56.8 Å². The molecule has 5 nitrogen and oxygen atoms in total. The van der Waals surface area contributed by atoms with Crippen molar-refractivity contribution in [3.8, 4) is 11.5 Å². The average Bonchev–Trinajstić information content (AvgIpc) is 2.42. The summed E-state index contributed by atoms with van der Waals surface area (Å²) in [6, 6.07) is 4.22. The van der Waals surface area contributed by atoms with Crippen molar-refractivity contribution < 1.29 is 19.0 Å². The average molecular weight is 279 g/mol. The molecule has 2 rings (SSSR count). The second-order valence-electron chi connectivity index (χ2n) is 5.08. The highest BCUT2D eigenvalue weighted by molar-refractivity contribution is 5.66. The maximum absolute atomic E-state index is 11.0. The third kappa shape index (κ3) is 2.98. The van der Waals surface area contributed by atoms with E-state index in [9.17, 15) is 4.79 Å². The van der Waals surface area contributed by atoms with Gasteiger partial charge in [-0.15, -0.1) is 0 Å². The lowest BCUT2D eigenvalue weighted by atomic mass is 9.87. The van der Waals surface area contributed by atoms with Crippen LogP contribution in [0.15, 0.2) is 12.1 Å². The Bertz CT molecular complexity index is 501. The minimum atomic E-state index is -0.252. The number of hydrogen-bond acceptors (Lipinski definition) is 5. The van der Waals surface area contributed by atoms with Gasteiger partial charge in [-0.2, -0.15) is 0 Å². The van der Waals surface area contributed by atoms with Gasteiger partial charge in [-0.25, -0.2) is 0 Å². The Morgan fingerprint density at radius 2 is 1.95 bits per heavy atom. The second-order valence-corrected chi connectivity index (χ2v) is 5.08. The number of carbonyl (C=O) groups is 1. The van der Waals surface area contributed by atoms with Gasteiger partial charge in [-0.05, 0) is 25.0 Å². The SMILES string of the molecule is COc1cc2c(cc1OC)C(COC(C)=O)CC(C)N2. The van der Waals surface area contributed by atoms with E-state index >= 15 is 0 Å². The lowest BCUT2D eigenvalue weighted by Gasteiger charge is -2.31. The summed E-state index contributed by atoms with van der Waals surface area (Å²) in [6.45, 7) is 3.93. The fraction of sp³-hybridized carbons (Fsp3) is 0.533. The van der Waals surface area contributed by atoms with Crippen LogP contribution in [0.2, 0.25) is 0 Å². The summed E-state index contributed by atoms with van der Waals surface area (Å²) in [5.41, 5.74) is 2.11. The number of carbonyl (C=O) groups excluding carboxylic acids is 1. The van der Waals surface area contributed by atoms with Gasteiger partial charge in [-0.3, -0.25) is 4.79 Å². The third-order valence-corrected chi connectivity index (χ3v) is 3.52. The number of nitrogens with one attached hydrogen (secondary N) is 1. The van der Waals surface area contributed by atoms with Crippen LogP contribution in [0.5, 0.6) is 11.5 Å². The second kappa shape index (κ2) is 6.03. The predicted molar refractivity (Wildman–Crippen MR) is 76.6 cm³/mol. The summed E-state index contributed by atoms with van der Waals surface area (Å²) < 4.78 is 15.8. The van der Waals surface area contributed by atoms with Crippen molar-refractivity contribution in [3.05, 3.63) is 17.7 Å². The first kappa shape index (κ1) is 14.5. The molecule has 1 aromatic rings. The number of methoxy groups -OCH3 is 2.